The summed E-state index contributed by atoms with van der Waals surface area (Å²) in [5.41, 5.74) is 5.97. The van der Waals surface area contributed by atoms with E-state index in [4.69, 9.17) is 15.2 Å². The van der Waals surface area contributed by atoms with Gasteiger partial charge in [0, 0.05) is 31.8 Å². The van der Waals surface area contributed by atoms with Crippen molar-refractivity contribution < 1.29 is 9.47 Å². The van der Waals surface area contributed by atoms with Crippen molar-refractivity contribution in [2.75, 3.05) is 37.8 Å². The molecule has 0 aromatic heterocycles. The SMILES string of the molecule is CC1COC(CN)CN1C1CCOC2(CCSCC2)C1. The third-order valence-corrected chi connectivity index (χ3v) is 6.14. The first-order valence-electron chi connectivity index (χ1n) is 8.01. The number of rotatable bonds is 2. The van der Waals surface area contributed by atoms with Crippen molar-refractivity contribution in [3.05, 3.63) is 0 Å². The van der Waals surface area contributed by atoms with Crippen molar-refractivity contribution in [1.29, 1.82) is 0 Å². The van der Waals surface area contributed by atoms with Gasteiger partial charge in [0.1, 0.15) is 0 Å². The summed E-state index contributed by atoms with van der Waals surface area (Å²) in [7, 11) is 0. The van der Waals surface area contributed by atoms with E-state index in [2.05, 4.69) is 23.6 Å². The van der Waals surface area contributed by atoms with Crippen LogP contribution in [0.25, 0.3) is 0 Å². The molecule has 3 fully saturated rings. The molecule has 0 bridgehead atoms. The number of nitrogens with zero attached hydrogens (tertiary/aromatic N) is 1. The molecular formula is C15H28N2O2S. The van der Waals surface area contributed by atoms with Gasteiger partial charge in [0.15, 0.2) is 0 Å². The molecule has 0 aliphatic carbocycles. The zero-order valence-electron chi connectivity index (χ0n) is 12.6. The Morgan fingerprint density at radius 2 is 2.15 bits per heavy atom. The van der Waals surface area contributed by atoms with E-state index in [1.807, 2.05) is 0 Å². The second-order valence-corrected chi connectivity index (χ2v) is 7.75. The number of hydrogen-bond acceptors (Lipinski definition) is 5. The van der Waals surface area contributed by atoms with Crippen LogP contribution in [0.2, 0.25) is 0 Å². The smallest absolute Gasteiger partial charge is 0.0824 e. The van der Waals surface area contributed by atoms with E-state index >= 15 is 0 Å². The van der Waals surface area contributed by atoms with E-state index in [0.29, 0.717) is 18.6 Å². The van der Waals surface area contributed by atoms with Gasteiger partial charge in [-0.15, -0.1) is 0 Å². The van der Waals surface area contributed by atoms with Crippen molar-refractivity contribution in [1.82, 2.24) is 4.90 Å². The van der Waals surface area contributed by atoms with Gasteiger partial charge in [-0.3, -0.25) is 4.90 Å². The number of morpholine rings is 1. The Morgan fingerprint density at radius 1 is 1.35 bits per heavy atom. The van der Waals surface area contributed by atoms with Crippen LogP contribution in [0.15, 0.2) is 0 Å². The monoisotopic (exact) mass is 300 g/mol. The van der Waals surface area contributed by atoms with E-state index in [9.17, 15) is 0 Å². The summed E-state index contributed by atoms with van der Waals surface area (Å²) < 4.78 is 12.0. The minimum absolute atomic E-state index is 0.171. The summed E-state index contributed by atoms with van der Waals surface area (Å²) in [6, 6.07) is 1.16. The van der Waals surface area contributed by atoms with E-state index in [1.165, 1.54) is 30.8 Å². The van der Waals surface area contributed by atoms with Crippen LogP contribution >= 0.6 is 11.8 Å². The molecule has 3 saturated heterocycles. The fraction of sp³-hybridized carbons (Fsp3) is 1.00. The average Bonchev–Trinajstić information content (AvgIpc) is 2.48. The lowest BCUT2D eigenvalue weighted by Gasteiger charge is -2.49. The second-order valence-electron chi connectivity index (χ2n) is 6.53. The van der Waals surface area contributed by atoms with Gasteiger partial charge in [-0.05, 0) is 44.1 Å². The fourth-order valence-corrected chi connectivity index (χ4v) is 5.10. The molecule has 2 N–H and O–H groups in total. The highest BCUT2D eigenvalue weighted by molar-refractivity contribution is 7.99. The zero-order valence-corrected chi connectivity index (χ0v) is 13.4. The quantitative estimate of drug-likeness (QED) is 0.837. The molecule has 5 heteroatoms. The predicted molar refractivity (Wildman–Crippen MR) is 83.2 cm³/mol. The van der Waals surface area contributed by atoms with Crippen LogP contribution < -0.4 is 5.73 Å². The number of thioether (sulfide) groups is 1. The van der Waals surface area contributed by atoms with Gasteiger partial charge in [0.25, 0.3) is 0 Å². The Labute approximate surface area is 126 Å². The molecule has 1 spiro atoms. The lowest BCUT2D eigenvalue weighted by Crippen LogP contribution is -2.58. The maximum absolute atomic E-state index is 6.22. The highest BCUT2D eigenvalue weighted by atomic mass is 32.2. The van der Waals surface area contributed by atoms with E-state index in [-0.39, 0.29) is 11.7 Å². The van der Waals surface area contributed by atoms with Gasteiger partial charge in [-0.2, -0.15) is 11.8 Å². The molecule has 0 aromatic rings. The third kappa shape index (κ3) is 3.17. The summed E-state index contributed by atoms with van der Waals surface area (Å²) in [4.78, 5) is 2.65. The molecule has 0 amide bonds. The average molecular weight is 300 g/mol. The van der Waals surface area contributed by atoms with Gasteiger partial charge < -0.3 is 15.2 Å². The molecule has 3 rings (SSSR count). The Kier molecular flexibility index (Phi) is 4.93. The molecule has 0 radical (unpaired) electrons. The van der Waals surface area contributed by atoms with Gasteiger partial charge in [0.2, 0.25) is 0 Å². The topological polar surface area (TPSA) is 47.7 Å². The first kappa shape index (κ1) is 15.1. The summed E-state index contributed by atoms with van der Waals surface area (Å²) in [6.07, 6.45) is 5.04. The van der Waals surface area contributed by atoms with E-state index < -0.39 is 0 Å². The molecule has 3 aliphatic rings. The van der Waals surface area contributed by atoms with Crippen molar-refractivity contribution in [2.45, 2.75) is 56.4 Å². The summed E-state index contributed by atoms with van der Waals surface area (Å²) >= 11 is 2.07. The standard InChI is InChI=1S/C15H28N2O2S/c1-12-11-18-14(9-16)10-17(12)13-2-5-19-15(8-13)3-6-20-7-4-15/h12-14H,2-11,16H2,1H3. The summed E-state index contributed by atoms with van der Waals surface area (Å²) in [6.45, 7) is 5.65. The number of hydrogen-bond donors (Lipinski definition) is 1. The maximum atomic E-state index is 6.22. The Bertz CT molecular complexity index is 317. The molecule has 116 valence electrons. The molecule has 20 heavy (non-hydrogen) atoms. The molecule has 3 heterocycles. The van der Waals surface area contributed by atoms with Gasteiger partial charge in [-0.1, -0.05) is 0 Å². The molecule has 3 atom stereocenters. The third-order valence-electron chi connectivity index (χ3n) is 5.16. The molecule has 3 unspecified atom stereocenters. The van der Waals surface area contributed by atoms with Crippen molar-refractivity contribution in [2.24, 2.45) is 5.73 Å². The summed E-state index contributed by atoms with van der Waals surface area (Å²) in [5, 5.41) is 0. The fourth-order valence-electron chi connectivity index (χ4n) is 3.87. The summed E-state index contributed by atoms with van der Waals surface area (Å²) in [5.74, 6) is 2.52. The van der Waals surface area contributed by atoms with Crippen molar-refractivity contribution in [3.8, 4) is 0 Å². The van der Waals surface area contributed by atoms with Crippen LogP contribution in [0.4, 0.5) is 0 Å². The molecule has 4 nitrogen and oxygen atoms in total. The van der Waals surface area contributed by atoms with Crippen LogP contribution in [-0.2, 0) is 9.47 Å². The van der Waals surface area contributed by atoms with Crippen LogP contribution in [-0.4, -0.2) is 66.5 Å². The van der Waals surface area contributed by atoms with Crippen LogP contribution in [0.5, 0.6) is 0 Å². The molecular weight excluding hydrogens is 272 g/mol. The van der Waals surface area contributed by atoms with Crippen LogP contribution in [0.3, 0.4) is 0 Å². The first-order chi connectivity index (χ1) is 9.72. The minimum Gasteiger partial charge on any atom is -0.375 e. The molecule has 0 aromatic carbocycles. The normalized spacial score (nSPS) is 39.0. The Morgan fingerprint density at radius 3 is 2.90 bits per heavy atom. The maximum Gasteiger partial charge on any atom is 0.0824 e. The lowest BCUT2D eigenvalue weighted by molar-refractivity contribution is -0.138. The minimum atomic E-state index is 0.171. The Hall–Kier alpha value is 0.190. The predicted octanol–water partition coefficient (Wildman–Crippen LogP) is 1.48. The van der Waals surface area contributed by atoms with Crippen LogP contribution in [0, 0.1) is 0 Å². The first-order valence-corrected chi connectivity index (χ1v) is 9.17. The largest absolute Gasteiger partial charge is 0.375 e. The van der Waals surface area contributed by atoms with E-state index in [0.717, 1.165) is 26.2 Å². The lowest BCUT2D eigenvalue weighted by atomic mass is 9.84. The van der Waals surface area contributed by atoms with Gasteiger partial charge >= 0.3 is 0 Å². The number of ether oxygens (including phenoxy) is 2. The number of nitrogens with two attached hydrogens (primary N) is 1. The van der Waals surface area contributed by atoms with E-state index in [1.54, 1.807) is 0 Å². The molecule has 3 aliphatic heterocycles. The van der Waals surface area contributed by atoms with Gasteiger partial charge in [-0.25, -0.2) is 0 Å². The highest BCUT2D eigenvalue weighted by Crippen LogP contribution is 2.39. The Balaban J connectivity index is 1.66. The molecule has 0 saturated carbocycles. The second kappa shape index (κ2) is 6.53. The van der Waals surface area contributed by atoms with Crippen molar-refractivity contribution in [3.63, 3.8) is 0 Å². The van der Waals surface area contributed by atoms with Gasteiger partial charge in [0.05, 0.1) is 18.3 Å². The van der Waals surface area contributed by atoms with Crippen LogP contribution in [0.1, 0.15) is 32.6 Å². The highest BCUT2D eigenvalue weighted by Gasteiger charge is 2.42. The zero-order chi connectivity index (χ0) is 14.0. The van der Waals surface area contributed by atoms with Crippen molar-refractivity contribution >= 4 is 11.8 Å².